The standard InChI is InChI=1S/C25H21ClF2N4O6S/c1-4-24(33)32(23-6-5-15(13-29-23)39(34,35)31-22-7-8-38-30-22)19-12-18(27)16(11-20(19)36-2)14-9-17(26)25(28)21(10-14)37-3/h5-13H,4H2,1-3H3,(H,30,31). The van der Waals surface area contributed by atoms with Gasteiger partial charge in [-0.1, -0.05) is 23.7 Å². The lowest BCUT2D eigenvalue weighted by molar-refractivity contribution is -0.117. The molecular formula is C25H21ClF2N4O6S. The van der Waals surface area contributed by atoms with Crippen LogP contribution in [-0.2, 0) is 14.8 Å². The van der Waals surface area contributed by atoms with E-state index in [1.54, 1.807) is 6.92 Å². The zero-order valence-electron chi connectivity index (χ0n) is 20.7. The molecule has 39 heavy (non-hydrogen) atoms. The molecule has 0 fully saturated rings. The van der Waals surface area contributed by atoms with Crippen LogP contribution in [0.4, 0.5) is 26.1 Å². The van der Waals surface area contributed by atoms with Crippen LogP contribution in [0.1, 0.15) is 13.3 Å². The number of rotatable bonds is 9. The number of pyridine rings is 1. The van der Waals surface area contributed by atoms with E-state index in [9.17, 15) is 17.6 Å². The van der Waals surface area contributed by atoms with Crippen molar-refractivity contribution in [3.05, 3.63) is 71.6 Å². The van der Waals surface area contributed by atoms with Gasteiger partial charge in [0.05, 0.1) is 24.9 Å². The van der Waals surface area contributed by atoms with Gasteiger partial charge in [-0.2, -0.15) is 0 Å². The number of nitrogens with zero attached hydrogens (tertiary/aromatic N) is 3. The van der Waals surface area contributed by atoms with Crippen LogP contribution in [0, 0.1) is 11.6 Å². The van der Waals surface area contributed by atoms with Crippen molar-refractivity contribution in [2.45, 2.75) is 18.2 Å². The molecule has 204 valence electrons. The van der Waals surface area contributed by atoms with Crippen molar-refractivity contribution in [2.24, 2.45) is 0 Å². The Kier molecular flexibility index (Phi) is 8.02. The molecule has 4 aromatic rings. The van der Waals surface area contributed by atoms with Crippen molar-refractivity contribution >= 4 is 44.9 Å². The maximum absolute atomic E-state index is 15.5. The number of amides is 1. The van der Waals surface area contributed by atoms with Crippen LogP contribution in [0.25, 0.3) is 11.1 Å². The monoisotopic (exact) mass is 578 g/mol. The number of hydrogen-bond donors (Lipinski definition) is 1. The predicted octanol–water partition coefficient (Wildman–Crippen LogP) is 5.56. The third-order valence-electron chi connectivity index (χ3n) is 5.52. The fourth-order valence-electron chi connectivity index (χ4n) is 3.64. The first kappa shape index (κ1) is 27.8. The average molecular weight is 579 g/mol. The largest absolute Gasteiger partial charge is 0.495 e. The summed E-state index contributed by atoms with van der Waals surface area (Å²) >= 11 is 5.95. The maximum Gasteiger partial charge on any atom is 0.264 e. The molecule has 0 bridgehead atoms. The minimum absolute atomic E-state index is 0.00668. The molecule has 0 radical (unpaired) electrons. The Morgan fingerprint density at radius 2 is 1.85 bits per heavy atom. The lowest BCUT2D eigenvalue weighted by Gasteiger charge is -2.24. The highest BCUT2D eigenvalue weighted by molar-refractivity contribution is 7.92. The van der Waals surface area contributed by atoms with Crippen LogP contribution in [0.2, 0.25) is 5.02 Å². The summed E-state index contributed by atoms with van der Waals surface area (Å²) in [4.78, 5) is 18.0. The van der Waals surface area contributed by atoms with Gasteiger partial charge in [0.15, 0.2) is 17.4 Å². The van der Waals surface area contributed by atoms with E-state index in [-0.39, 0.29) is 56.3 Å². The summed E-state index contributed by atoms with van der Waals surface area (Å²) in [5, 5.41) is 3.23. The second-order valence-corrected chi connectivity index (χ2v) is 9.99. The number of methoxy groups -OCH3 is 2. The second kappa shape index (κ2) is 11.3. The van der Waals surface area contributed by atoms with Crippen LogP contribution < -0.4 is 19.1 Å². The number of nitrogens with one attached hydrogen (secondary N) is 1. The molecule has 2 aromatic heterocycles. The Hall–Kier alpha value is -4.23. The lowest BCUT2D eigenvalue weighted by atomic mass is 10.0. The van der Waals surface area contributed by atoms with Crippen LogP contribution in [0.15, 0.2) is 64.3 Å². The fraction of sp³-hybridized carbons (Fsp3) is 0.160. The second-order valence-electron chi connectivity index (χ2n) is 7.90. The Morgan fingerprint density at radius 3 is 2.44 bits per heavy atom. The van der Waals surface area contributed by atoms with E-state index in [0.717, 1.165) is 17.2 Å². The molecule has 0 saturated carbocycles. The molecule has 0 spiro atoms. The van der Waals surface area contributed by atoms with E-state index in [1.165, 1.54) is 56.9 Å². The van der Waals surface area contributed by atoms with Gasteiger partial charge in [-0.3, -0.25) is 14.4 Å². The number of carbonyl (C=O) groups excluding carboxylic acids is 1. The van der Waals surface area contributed by atoms with Crippen molar-refractivity contribution < 1.29 is 36.0 Å². The molecule has 14 heteroatoms. The van der Waals surface area contributed by atoms with E-state index in [4.69, 9.17) is 21.1 Å². The average Bonchev–Trinajstić information content (AvgIpc) is 3.43. The number of benzene rings is 2. The first-order valence-corrected chi connectivity index (χ1v) is 13.1. The molecule has 2 heterocycles. The first-order valence-electron chi connectivity index (χ1n) is 11.2. The van der Waals surface area contributed by atoms with Crippen LogP contribution in [0.5, 0.6) is 11.5 Å². The molecule has 1 N–H and O–H groups in total. The maximum atomic E-state index is 15.5. The molecule has 10 nitrogen and oxygen atoms in total. The first-order chi connectivity index (χ1) is 18.6. The Balaban J connectivity index is 1.76. The van der Waals surface area contributed by atoms with Gasteiger partial charge in [-0.05, 0) is 35.9 Å². The van der Waals surface area contributed by atoms with E-state index in [1.807, 2.05) is 0 Å². The summed E-state index contributed by atoms with van der Waals surface area (Å²) in [6.45, 7) is 1.60. The predicted molar refractivity (Wildman–Crippen MR) is 139 cm³/mol. The highest BCUT2D eigenvalue weighted by Crippen LogP contribution is 2.41. The molecular weight excluding hydrogens is 558 g/mol. The van der Waals surface area contributed by atoms with E-state index < -0.39 is 27.6 Å². The number of halogens is 3. The Morgan fingerprint density at radius 1 is 1.10 bits per heavy atom. The highest BCUT2D eigenvalue weighted by atomic mass is 35.5. The van der Waals surface area contributed by atoms with Gasteiger partial charge in [0.1, 0.15) is 28.5 Å². The summed E-state index contributed by atoms with van der Waals surface area (Å²) in [5.74, 6) is -2.16. The van der Waals surface area contributed by atoms with E-state index >= 15 is 4.39 Å². The van der Waals surface area contributed by atoms with Crippen LogP contribution >= 0.6 is 11.6 Å². The van der Waals surface area contributed by atoms with Gasteiger partial charge in [0, 0.05) is 30.3 Å². The highest BCUT2D eigenvalue weighted by Gasteiger charge is 2.26. The fourth-order valence-corrected chi connectivity index (χ4v) is 4.79. The van der Waals surface area contributed by atoms with Crippen molar-refractivity contribution in [3.8, 4) is 22.6 Å². The smallest absolute Gasteiger partial charge is 0.264 e. The minimum atomic E-state index is -4.06. The van der Waals surface area contributed by atoms with Crippen molar-refractivity contribution in [1.29, 1.82) is 0 Å². The zero-order chi connectivity index (χ0) is 28.3. The van der Waals surface area contributed by atoms with Gasteiger partial charge >= 0.3 is 0 Å². The molecule has 0 aliphatic heterocycles. The number of aromatic nitrogens is 2. The molecule has 0 aliphatic rings. The summed E-state index contributed by atoms with van der Waals surface area (Å²) in [6.07, 6.45) is 2.25. The SMILES string of the molecule is CCC(=O)N(c1ccc(S(=O)(=O)Nc2ccon2)cn1)c1cc(F)c(-c2cc(Cl)c(F)c(OC)c2)cc1OC. The number of anilines is 3. The third-order valence-corrected chi connectivity index (χ3v) is 7.14. The zero-order valence-corrected chi connectivity index (χ0v) is 22.3. The summed E-state index contributed by atoms with van der Waals surface area (Å²) in [6, 6.07) is 8.74. The van der Waals surface area contributed by atoms with Gasteiger partial charge in [-0.25, -0.2) is 22.2 Å². The summed E-state index contributed by atoms with van der Waals surface area (Å²) in [7, 11) is -1.48. The molecule has 0 atom stereocenters. The van der Waals surface area contributed by atoms with E-state index in [0.29, 0.717) is 0 Å². The lowest BCUT2D eigenvalue weighted by Crippen LogP contribution is -2.26. The Bertz CT molecular complexity index is 1620. The molecule has 2 aromatic carbocycles. The molecule has 4 rings (SSSR count). The van der Waals surface area contributed by atoms with Crippen LogP contribution in [0.3, 0.4) is 0 Å². The molecule has 1 amide bonds. The number of carbonyl (C=O) groups is 1. The summed E-state index contributed by atoms with van der Waals surface area (Å²) < 4.78 is 72.2. The van der Waals surface area contributed by atoms with Gasteiger partial charge in [0.25, 0.3) is 10.0 Å². The quantitative estimate of drug-likeness (QED) is 0.274. The van der Waals surface area contributed by atoms with Crippen molar-refractivity contribution in [3.63, 3.8) is 0 Å². The molecule has 0 unspecified atom stereocenters. The van der Waals surface area contributed by atoms with Gasteiger partial charge in [-0.15, -0.1) is 0 Å². The summed E-state index contributed by atoms with van der Waals surface area (Å²) in [5.41, 5.74) is 0.226. The number of ether oxygens (including phenoxy) is 2. The van der Waals surface area contributed by atoms with Crippen LogP contribution in [-0.4, -0.2) is 38.7 Å². The minimum Gasteiger partial charge on any atom is -0.495 e. The van der Waals surface area contributed by atoms with Gasteiger partial charge in [0.2, 0.25) is 5.91 Å². The van der Waals surface area contributed by atoms with E-state index in [2.05, 4.69) is 19.4 Å². The molecule has 0 saturated heterocycles. The normalized spacial score (nSPS) is 11.2. The third kappa shape index (κ3) is 5.64. The van der Waals surface area contributed by atoms with Gasteiger partial charge < -0.3 is 14.0 Å². The van der Waals surface area contributed by atoms with Crippen molar-refractivity contribution in [2.75, 3.05) is 23.8 Å². The number of hydrogen-bond acceptors (Lipinski definition) is 8. The van der Waals surface area contributed by atoms with Crippen molar-refractivity contribution in [1.82, 2.24) is 10.1 Å². The Labute approximate surface area is 227 Å². The topological polar surface area (TPSA) is 124 Å². The molecule has 0 aliphatic carbocycles. The number of sulfonamides is 1.